The number of piperidine rings is 1. The molecule has 3 rings (SSSR count). The number of anilines is 1. The van der Waals surface area contributed by atoms with Crippen molar-refractivity contribution in [3.8, 4) is 5.75 Å². The van der Waals surface area contributed by atoms with Crippen LogP contribution in [-0.2, 0) is 16.1 Å². The molecule has 136 valence electrons. The largest absolute Gasteiger partial charge is 0.504 e. The molecule has 8 nitrogen and oxygen atoms in total. The Bertz CT molecular complexity index is 940. The first-order chi connectivity index (χ1) is 12.2. The molecule has 2 aliphatic heterocycles. The van der Waals surface area contributed by atoms with Gasteiger partial charge in [0.2, 0.25) is 11.6 Å². The Balaban J connectivity index is 2.22. The van der Waals surface area contributed by atoms with Crippen molar-refractivity contribution in [3.63, 3.8) is 0 Å². The normalized spacial score (nSPS) is 26.0. The van der Waals surface area contributed by atoms with Crippen molar-refractivity contribution < 1.29 is 29.0 Å². The maximum Gasteiger partial charge on any atom is 0.278 e. The topological polar surface area (TPSA) is 133 Å². The van der Waals surface area contributed by atoms with Gasteiger partial charge in [-0.1, -0.05) is 0 Å². The third-order valence-electron chi connectivity index (χ3n) is 6.52. The first kappa shape index (κ1) is 19.4. The summed E-state index contributed by atoms with van der Waals surface area (Å²) >= 11 is 0. The third-order valence-corrected chi connectivity index (χ3v) is 6.52. The quantitative estimate of drug-likeness (QED) is 0.169. The van der Waals surface area contributed by atoms with Gasteiger partial charge >= 0.3 is 0 Å². The molecule has 1 aromatic carbocycles. The number of hydrogen-bond acceptors (Lipinski definition) is 6. The monoisotopic (exact) mass is 369 g/mol. The summed E-state index contributed by atoms with van der Waals surface area (Å²) in [6.07, 6.45) is 0. The number of carbonyl (C=O) groups is 3. The van der Waals surface area contributed by atoms with E-state index in [1.807, 2.05) is 0 Å². The van der Waals surface area contributed by atoms with Crippen molar-refractivity contribution >= 4 is 68.1 Å². The molecule has 2 heterocycles. The second-order valence-corrected chi connectivity index (χ2v) is 8.15. The van der Waals surface area contributed by atoms with Crippen molar-refractivity contribution in [2.24, 2.45) is 0 Å². The molecule has 0 bridgehead atoms. The fourth-order valence-electron chi connectivity index (χ4n) is 3.74. The summed E-state index contributed by atoms with van der Waals surface area (Å²) in [5.41, 5.74) is 3.16. The number of halogens is 1. The number of nitrogen functional groups attached to an aromatic ring is 1. The molecule has 0 spiro atoms. The maximum atomic E-state index is 14.2. The number of rotatable bonds is 1. The number of nitrogens with zero attached hydrogens (tertiary/aromatic N) is 1. The van der Waals surface area contributed by atoms with Crippen LogP contribution in [0, 0.1) is 5.82 Å². The van der Waals surface area contributed by atoms with E-state index in [0.29, 0.717) is 0 Å². The first-order valence-corrected chi connectivity index (χ1v) is 8.40. The van der Waals surface area contributed by atoms with Crippen LogP contribution in [0.1, 0.15) is 15.9 Å². The van der Waals surface area contributed by atoms with Crippen molar-refractivity contribution in [2.45, 2.75) is 22.7 Å². The van der Waals surface area contributed by atoms with Crippen molar-refractivity contribution in [2.75, 3.05) is 5.73 Å². The van der Waals surface area contributed by atoms with Crippen molar-refractivity contribution in [3.05, 3.63) is 16.9 Å². The summed E-state index contributed by atoms with van der Waals surface area (Å²) in [6.45, 7) is -0.313. The van der Waals surface area contributed by atoms with E-state index in [-0.39, 0.29) is 28.8 Å². The minimum atomic E-state index is -2.43. The average molecular weight is 368 g/mol. The molecule has 1 aromatic rings. The van der Waals surface area contributed by atoms with Gasteiger partial charge in [0.25, 0.3) is 11.8 Å². The molecule has 14 heteroatoms. The molecule has 3 amide bonds. The molecule has 27 heavy (non-hydrogen) atoms. The Labute approximate surface area is 159 Å². The minimum Gasteiger partial charge on any atom is -0.504 e. The lowest BCUT2D eigenvalue weighted by atomic mass is 9.25. The molecule has 0 aromatic heterocycles. The van der Waals surface area contributed by atoms with Crippen LogP contribution in [0.2, 0.25) is 10.4 Å². The number of fused-ring (bicyclic) bond motifs is 1. The van der Waals surface area contributed by atoms with Crippen LogP contribution in [0.4, 0.5) is 10.1 Å². The van der Waals surface area contributed by atoms with Gasteiger partial charge in [0.1, 0.15) is 39.2 Å². The van der Waals surface area contributed by atoms with E-state index >= 15 is 0 Å². The molecule has 0 aliphatic carbocycles. The second-order valence-electron chi connectivity index (χ2n) is 8.15. The highest BCUT2D eigenvalue weighted by molar-refractivity contribution is 6.64. The number of hydrogen-bond donors (Lipinski definition) is 4. The van der Waals surface area contributed by atoms with E-state index in [2.05, 4.69) is 5.32 Å². The third kappa shape index (κ3) is 2.04. The summed E-state index contributed by atoms with van der Waals surface area (Å²) in [7, 11) is 7.43. The molecule has 5 N–H and O–H groups in total. The molecule has 2 aliphatic rings. The number of imide groups is 1. The van der Waals surface area contributed by atoms with Crippen LogP contribution < -0.4 is 16.5 Å². The van der Waals surface area contributed by atoms with E-state index < -0.39 is 45.4 Å². The second kappa shape index (κ2) is 5.34. The Morgan fingerprint density at radius 3 is 2.26 bits per heavy atom. The van der Waals surface area contributed by atoms with Gasteiger partial charge in [-0.05, 0) is 15.9 Å². The lowest BCUT2D eigenvalue weighted by Gasteiger charge is -2.56. The molecule has 1 saturated heterocycles. The minimum absolute atomic E-state index is 0.0317. The van der Waals surface area contributed by atoms with Gasteiger partial charge in [0, 0.05) is 11.3 Å². The maximum absolute atomic E-state index is 14.2. The predicted octanol–water partition coefficient (Wildman–Crippen LogP) is -6.56. The first-order valence-electron chi connectivity index (χ1n) is 8.40. The molecule has 1 atom stereocenters. The highest BCUT2D eigenvalue weighted by Gasteiger charge is 2.67. The van der Waals surface area contributed by atoms with Crippen LogP contribution in [0.3, 0.4) is 0 Å². The summed E-state index contributed by atoms with van der Waals surface area (Å²) in [5.74, 6) is -4.50. The number of benzene rings is 1. The molecule has 0 saturated carbocycles. The lowest BCUT2D eigenvalue weighted by Crippen LogP contribution is -2.74. The van der Waals surface area contributed by atoms with Crippen LogP contribution in [0.5, 0.6) is 5.75 Å². The van der Waals surface area contributed by atoms with Gasteiger partial charge in [-0.15, -0.1) is 0 Å². The number of carbonyl (C=O) groups excluding carboxylic acids is 3. The predicted molar refractivity (Wildman–Crippen MR) is 108 cm³/mol. The zero-order valence-corrected chi connectivity index (χ0v) is 15.7. The summed E-state index contributed by atoms with van der Waals surface area (Å²) in [4.78, 5) is 38.8. The number of phenolic OH excluding ortho intramolecular Hbond substituents is 1. The van der Waals surface area contributed by atoms with E-state index in [1.54, 1.807) is 15.7 Å². The van der Waals surface area contributed by atoms with Gasteiger partial charge in [0.15, 0.2) is 11.6 Å². The highest BCUT2D eigenvalue weighted by Crippen LogP contribution is 2.55. The van der Waals surface area contributed by atoms with E-state index in [1.165, 1.54) is 23.5 Å². The van der Waals surface area contributed by atoms with Crippen LogP contribution in [0.25, 0.3) is 0 Å². The van der Waals surface area contributed by atoms with Crippen LogP contribution >= 0.6 is 0 Å². The Hall–Kier alpha value is -2.36. The average Bonchev–Trinajstić information content (AvgIpc) is 2.93. The molecule has 1 unspecified atom stereocenters. The molecule has 0 radical (unpaired) electrons. The van der Waals surface area contributed by atoms with E-state index in [4.69, 9.17) is 5.73 Å². The Kier molecular flexibility index (Phi) is 3.84. The van der Waals surface area contributed by atoms with Crippen LogP contribution in [0.15, 0.2) is 0 Å². The van der Waals surface area contributed by atoms with Gasteiger partial charge in [0.05, 0.1) is 12.1 Å². The summed E-state index contributed by atoms with van der Waals surface area (Å²) in [6, 6.07) is 0. The van der Waals surface area contributed by atoms with Gasteiger partial charge < -0.3 is 15.9 Å². The molecular formula is C13H17B5FN3O5. The number of nitrogens with one attached hydrogen (secondary N) is 1. The molecule has 1 fully saturated rings. The SMILES string of the molecule is Bc1c(N)c2c(c(O)c1F)C(=O)N(C1(O)C(=O)NC(=O)C(B)(B)C1(B)B)C2. The number of nitrogens with two attached hydrogens (primary N) is 1. The number of phenols is 1. The number of amides is 3. The fraction of sp³-hybridized carbons (Fsp3) is 0.308. The molecular weight excluding hydrogens is 351 g/mol. The van der Waals surface area contributed by atoms with Gasteiger partial charge in [-0.25, -0.2) is 4.39 Å². The van der Waals surface area contributed by atoms with E-state index in [9.17, 15) is 29.0 Å². The van der Waals surface area contributed by atoms with Crippen molar-refractivity contribution in [1.29, 1.82) is 0 Å². The Morgan fingerprint density at radius 2 is 1.70 bits per heavy atom. The summed E-state index contributed by atoms with van der Waals surface area (Å²) < 4.78 is 14.2. The van der Waals surface area contributed by atoms with E-state index in [0.717, 1.165) is 4.90 Å². The smallest absolute Gasteiger partial charge is 0.278 e. The van der Waals surface area contributed by atoms with Gasteiger partial charge in [-0.2, -0.15) is 0 Å². The van der Waals surface area contributed by atoms with Crippen LogP contribution in [-0.4, -0.2) is 77.8 Å². The zero-order valence-electron chi connectivity index (χ0n) is 15.7. The standard InChI is InChI=1S/C13H17B5FN3O5/c14-4-5(19)7(23)3-2(6(4)20)1-22(8(3)24)12(27)10(26)21-9(25)11(15,16)13(12,17)18/h23,27H,1,14-18,20H2,(H,21,25,26). The fourth-order valence-corrected chi connectivity index (χ4v) is 3.74. The van der Waals surface area contributed by atoms with Crippen molar-refractivity contribution in [1.82, 2.24) is 10.2 Å². The van der Waals surface area contributed by atoms with Gasteiger partial charge in [-0.3, -0.25) is 24.6 Å². The number of aromatic hydroxyl groups is 1. The lowest BCUT2D eigenvalue weighted by molar-refractivity contribution is -0.172. The number of aliphatic hydroxyl groups is 1. The Morgan fingerprint density at radius 1 is 1.15 bits per heavy atom. The summed E-state index contributed by atoms with van der Waals surface area (Å²) in [5, 5.41) is 21.0. The zero-order chi connectivity index (χ0) is 20.7. The highest BCUT2D eigenvalue weighted by atomic mass is 19.1.